The molecule has 0 aliphatic heterocycles. The van der Waals surface area contributed by atoms with E-state index in [0.717, 1.165) is 0 Å². The number of thioether (sulfide) groups is 1. The van der Waals surface area contributed by atoms with Gasteiger partial charge in [-0.05, 0) is 32.5 Å². The fourth-order valence-corrected chi connectivity index (χ4v) is 2.37. The molecule has 2 N–H and O–H groups in total. The molecule has 24 heavy (non-hydrogen) atoms. The van der Waals surface area contributed by atoms with Crippen LogP contribution >= 0.6 is 24.4 Å². The van der Waals surface area contributed by atoms with Crippen molar-refractivity contribution < 1.29 is 33.1 Å². The summed E-state index contributed by atoms with van der Waals surface area (Å²) < 4.78 is 12.9. The molecule has 0 aromatic carbocycles. The molecule has 0 saturated heterocycles. The molecule has 0 fully saturated rings. The lowest BCUT2D eigenvalue weighted by Crippen LogP contribution is -2.49. The second kappa shape index (κ2) is 8.29. The van der Waals surface area contributed by atoms with Gasteiger partial charge in [-0.15, -0.1) is 0 Å². The topological polar surface area (TPSA) is 136 Å². The molecule has 134 valence electrons. The van der Waals surface area contributed by atoms with Crippen molar-refractivity contribution in [3.8, 4) is 0 Å². The van der Waals surface area contributed by atoms with E-state index in [9.17, 15) is 19.2 Å². The van der Waals surface area contributed by atoms with Gasteiger partial charge in [0.2, 0.25) is 5.91 Å². The summed E-state index contributed by atoms with van der Waals surface area (Å²) in [6.07, 6.45) is 0. The molecule has 0 aliphatic rings. The smallest absolute Gasteiger partial charge is 0.480 e. The Balaban J connectivity index is 2.60. The van der Waals surface area contributed by atoms with E-state index in [4.69, 9.17) is 9.84 Å². The molecule has 0 aliphatic carbocycles. The van der Waals surface area contributed by atoms with E-state index in [1.807, 2.05) is 0 Å². The van der Waals surface area contributed by atoms with Crippen LogP contribution in [0.1, 0.15) is 25.4 Å². The number of carbonyl (C=O) groups is 3. The van der Waals surface area contributed by atoms with Crippen molar-refractivity contribution in [3.63, 3.8) is 0 Å². The number of hydrogen-bond donors (Lipinski definition) is 3. The molecule has 1 heterocycles. The van der Waals surface area contributed by atoms with Crippen molar-refractivity contribution in [1.29, 1.82) is 0 Å². The first-order valence-electron chi connectivity index (χ1n) is 6.66. The van der Waals surface area contributed by atoms with Gasteiger partial charge in [0.1, 0.15) is 6.04 Å². The van der Waals surface area contributed by atoms with Crippen molar-refractivity contribution in [1.82, 2.24) is 5.32 Å². The molecule has 1 aromatic heterocycles. The predicted octanol–water partition coefficient (Wildman–Crippen LogP) is 1.19. The predicted molar refractivity (Wildman–Crippen MR) is 87.3 cm³/mol. The van der Waals surface area contributed by atoms with E-state index in [0.29, 0.717) is 11.8 Å². The molecule has 0 unspecified atom stereocenters. The number of aryl methyl sites for hydroxylation is 1. The number of carboxylic acid groups (broad SMARTS) is 1. The fraction of sp³-hybridized carbons (Fsp3) is 0.538. The number of carboxylic acids is 1. The van der Waals surface area contributed by atoms with Crippen LogP contribution < -0.4 is 11.1 Å². The van der Waals surface area contributed by atoms with Crippen LogP contribution in [-0.2, 0) is 20.9 Å². The minimum absolute atomic E-state index is 0.0669. The van der Waals surface area contributed by atoms with Gasteiger partial charge >= 0.3 is 17.1 Å². The maximum atomic E-state index is 12.1. The second-order valence-electron chi connectivity index (χ2n) is 5.13. The van der Waals surface area contributed by atoms with Crippen molar-refractivity contribution >= 4 is 41.6 Å². The molecule has 1 amide bonds. The van der Waals surface area contributed by atoms with E-state index in [1.165, 1.54) is 20.8 Å². The number of hydrogen-bond acceptors (Lipinski definition) is 9. The van der Waals surface area contributed by atoms with Crippen molar-refractivity contribution in [3.05, 3.63) is 22.1 Å². The zero-order valence-corrected chi connectivity index (χ0v) is 14.9. The maximum absolute atomic E-state index is 12.1. The van der Waals surface area contributed by atoms with E-state index >= 15 is 0 Å². The summed E-state index contributed by atoms with van der Waals surface area (Å²) in [4.78, 5) is 45.7. The summed E-state index contributed by atoms with van der Waals surface area (Å²) in [5.74, 6) is -2.63. The quantitative estimate of drug-likeness (QED) is 0.471. The van der Waals surface area contributed by atoms with Crippen LogP contribution in [0.15, 0.2) is 13.6 Å². The normalized spacial score (nSPS) is 12.5. The third-order valence-electron chi connectivity index (χ3n) is 2.83. The third kappa shape index (κ3) is 5.64. The minimum Gasteiger partial charge on any atom is -0.480 e. The van der Waals surface area contributed by atoms with Crippen molar-refractivity contribution in [2.75, 3.05) is 5.75 Å². The highest BCUT2D eigenvalue weighted by Gasteiger charge is 2.35. The van der Waals surface area contributed by atoms with Gasteiger partial charge in [-0.1, -0.05) is 0 Å². The third-order valence-corrected chi connectivity index (χ3v) is 4.17. The first-order chi connectivity index (χ1) is 11.1. The molecule has 1 aromatic rings. The number of carbonyl (C=O) groups excluding carboxylic acids is 2. The Morgan fingerprint density at radius 3 is 2.46 bits per heavy atom. The first-order valence-corrected chi connectivity index (χ1v) is 8.11. The summed E-state index contributed by atoms with van der Waals surface area (Å²) in [7, 11) is 0. The zero-order valence-electron chi connectivity index (χ0n) is 13.2. The molecule has 1 atom stereocenters. The minimum atomic E-state index is -1.28. The van der Waals surface area contributed by atoms with Crippen LogP contribution in [0.4, 0.5) is 4.79 Å². The number of aliphatic carboxylic acids is 1. The Bertz CT molecular complexity index is 678. The molecule has 0 bridgehead atoms. The van der Waals surface area contributed by atoms with Crippen LogP contribution in [0.2, 0.25) is 0 Å². The van der Waals surface area contributed by atoms with E-state index in [1.54, 1.807) is 0 Å². The standard InChI is InChI=1S/C13H17NO8S2/c1-6-8(22-11(18)21-6)4-20-12(19)24-13(2,3)10(17)14-7(5-23)9(15)16/h7,23H,4-5H2,1-3H3,(H,14,17)(H,15,16)/t7-/m0/s1. The summed E-state index contributed by atoms with van der Waals surface area (Å²) in [6.45, 7) is 4.03. The molecule has 0 spiro atoms. The van der Waals surface area contributed by atoms with Gasteiger partial charge in [0.05, 0.1) is 4.75 Å². The number of nitrogens with one attached hydrogen (secondary N) is 1. The number of amides is 1. The molecular formula is C13H17NO8S2. The molecular weight excluding hydrogens is 362 g/mol. The SMILES string of the molecule is Cc1oc(=O)oc1COC(=O)SC(C)(C)C(=O)N[C@@H](CS)C(=O)O. The average Bonchev–Trinajstić information content (AvgIpc) is 2.79. The monoisotopic (exact) mass is 379 g/mol. The number of ether oxygens (including phenoxy) is 1. The van der Waals surface area contributed by atoms with Crippen LogP contribution in [0.25, 0.3) is 0 Å². The van der Waals surface area contributed by atoms with Crippen LogP contribution in [0, 0.1) is 6.92 Å². The zero-order chi connectivity index (χ0) is 18.5. The van der Waals surface area contributed by atoms with E-state index in [2.05, 4.69) is 26.8 Å². The van der Waals surface area contributed by atoms with Gasteiger partial charge in [-0.2, -0.15) is 12.6 Å². The van der Waals surface area contributed by atoms with Gasteiger partial charge < -0.3 is 24.0 Å². The highest BCUT2D eigenvalue weighted by Crippen LogP contribution is 2.27. The highest BCUT2D eigenvalue weighted by atomic mass is 32.2. The van der Waals surface area contributed by atoms with E-state index < -0.39 is 33.8 Å². The lowest BCUT2D eigenvalue weighted by Gasteiger charge is -2.23. The fourth-order valence-electron chi connectivity index (χ4n) is 1.43. The summed E-state index contributed by atoms with van der Waals surface area (Å²) >= 11 is 4.41. The Morgan fingerprint density at radius 1 is 1.38 bits per heavy atom. The van der Waals surface area contributed by atoms with Crippen molar-refractivity contribution in [2.45, 2.75) is 38.2 Å². The van der Waals surface area contributed by atoms with Gasteiger partial charge in [-0.3, -0.25) is 4.79 Å². The molecule has 11 heteroatoms. The van der Waals surface area contributed by atoms with Crippen LogP contribution in [-0.4, -0.2) is 38.8 Å². The first kappa shape index (κ1) is 20.2. The molecule has 9 nitrogen and oxygen atoms in total. The summed E-state index contributed by atoms with van der Waals surface area (Å²) in [5, 5.41) is 10.4. The number of thiol groups is 1. The van der Waals surface area contributed by atoms with Crippen LogP contribution in [0.5, 0.6) is 0 Å². The molecule has 0 radical (unpaired) electrons. The average molecular weight is 379 g/mol. The van der Waals surface area contributed by atoms with Gasteiger partial charge in [0, 0.05) is 5.75 Å². The number of rotatable bonds is 7. The largest absolute Gasteiger partial charge is 0.519 e. The van der Waals surface area contributed by atoms with Crippen molar-refractivity contribution in [2.24, 2.45) is 0 Å². The van der Waals surface area contributed by atoms with Gasteiger partial charge in [0.25, 0.3) is 0 Å². The maximum Gasteiger partial charge on any atom is 0.519 e. The Kier molecular flexibility index (Phi) is 6.96. The second-order valence-corrected chi connectivity index (χ2v) is 7.05. The Morgan fingerprint density at radius 2 is 2.00 bits per heavy atom. The molecule has 0 saturated carbocycles. The highest BCUT2D eigenvalue weighted by molar-refractivity contribution is 8.15. The summed E-state index contributed by atoms with van der Waals surface area (Å²) in [6, 6.07) is -1.17. The Labute approximate surface area is 146 Å². The Hall–Kier alpha value is -1.88. The lowest BCUT2D eigenvalue weighted by atomic mass is 10.2. The lowest BCUT2D eigenvalue weighted by molar-refractivity contribution is -0.141. The summed E-state index contributed by atoms with van der Waals surface area (Å²) in [5.41, 5.74) is 0. The van der Waals surface area contributed by atoms with E-state index in [-0.39, 0.29) is 23.9 Å². The van der Waals surface area contributed by atoms with Gasteiger partial charge in [0.15, 0.2) is 18.1 Å². The van der Waals surface area contributed by atoms with Gasteiger partial charge in [-0.25, -0.2) is 14.4 Å². The van der Waals surface area contributed by atoms with Crippen LogP contribution in [0.3, 0.4) is 0 Å². The molecule has 1 rings (SSSR count).